The fourth-order valence-electron chi connectivity index (χ4n) is 3.05. The van der Waals surface area contributed by atoms with Crippen LogP contribution in [0.3, 0.4) is 0 Å². The van der Waals surface area contributed by atoms with Crippen LogP contribution in [0.15, 0.2) is 42.0 Å². The fourth-order valence-corrected chi connectivity index (χ4v) is 3.05. The molecule has 0 radical (unpaired) electrons. The lowest BCUT2D eigenvalue weighted by Gasteiger charge is -2.35. The summed E-state index contributed by atoms with van der Waals surface area (Å²) in [6.45, 7) is 2.94. The zero-order chi connectivity index (χ0) is 18.1. The van der Waals surface area contributed by atoms with E-state index in [2.05, 4.69) is 20.0 Å². The molecule has 0 aliphatic carbocycles. The Morgan fingerprint density at radius 2 is 1.77 bits per heavy atom. The first-order valence-electron chi connectivity index (χ1n) is 8.44. The maximum Gasteiger partial charge on any atom is 0.293 e. The second-order valence-corrected chi connectivity index (χ2v) is 6.31. The maximum atomic E-state index is 12.2. The first-order chi connectivity index (χ1) is 12.6. The third kappa shape index (κ3) is 3.03. The summed E-state index contributed by atoms with van der Waals surface area (Å²) in [5.41, 5.74) is 1.67. The quantitative estimate of drug-likeness (QED) is 0.670. The van der Waals surface area contributed by atoms with Gasteiger partial charge in [0.25, 0.3) is 5.56 Å². The lowest BCUT2D eigenvalue weighted by atomic mass is 10.2. The highest BCUT2D eigenvalue weighted by atomic mass is 16.1. The van der Waals surface area contributed by atoms with E-state index in [0.29, 0.717) is 18.9 Å². The van der Waals surface area contributed by atoms with Gasteiger partial charge in [0.05, 0.1) is 24.3 Å². The Morgan fingerprint density at radius 1 is 1.00 bits per heavy atom. The molecule has 1 fully saturated rings. The SMILES string of the molecule is Cn1cc(-c2cncc(N3CCN(c4nccn(C)c4=O)CC3)n2)cn1. The fraction of sp³-hybridized carbons (Fsp3) is 0.353. The highest BCUT2D eigenvalue weighted by Crippen LogP contribution is 2.20. The Morgan fingerprint density at radius 3 is 2.50 bits per heavy atom. The summed E-state index contributed by atoms with van der Waals surface area (Å²) in [7, 11) is 3.62. The van der Waals surface area contributed by atoms with Crippen molar-refractivity contribution in [2.24, 2.45) is 14.1 Å². The van der Waals surface area contributed by atoms with Crippen molar-refractivity contribution < 1.29 is 0 Å². The number of anilines is 2. The first kappa shape index (κ1) is 16.2. The van der Waals surface area contributed by atoms with E-state index < -0.39 is 0 Å². The Balaban J connectivity index is 1.50. The molecule has 1 aliphatic heterocycles. The number of piperazine rings is 1. The summed E-state index contributed by atoms with van der Waals surface area (Å²) < 4.78 is 3.30. The predicted molar refractivity (Wildman–Crippen MR) is 98.1 cm³/mol. The van der Waals surface area contributed by atoms with Gasteiger partial charge in [-0.3, -0.25) is 14.5 Å². The highest BCUT2D eigenvalue weighted by Gasteiger charge is 2.21. The van der Waals surface area contributed by atoms with E-state index in [1.807, 2.05) is 18.1 Å². The van der Waals surface area contributed by atoms with Crippen LogP contribution in [-0.2, 0) is 14.1 Å². The minimum Gasteiger partial charge on any atom is -0.352 e. The molecule has 0 bridgehead atoms. The Bertz CT molecular complexity index is 971. The molecule has 0 atom stereocenters. The molecule has 134 valence electrons. The minimum absolute atomic E-state index is 0.0701. The van der Waals surface area contributed by atoms with Crippen molar-refractivity contribution >= 4 is 11.6 Å². The first-order valence-corrected chi connectivity index (χ1v) is 8.44. The summed E-state index contributed by atoms with van der Waals surface area (Å²) in [4.78, 5) is 29.7. The molecule has 0 N–H and O–H groups in total. The van der Waals surface area contributed by atoms with Crippen molar-refractivity contribution in [3.63, 3.8) is 0 Å². The molecular formula is C17H20N8O. The molecule has 9 nitrogen and oxygen atoms in total. The van der Waals surface area contributed by atoms with Gasteiger partial charge in [0.15, 0.2) is 5.82 Å². The van der Waals surface area contributed by atoms with Crippen LogP contribution in [0.2, 0.25) is 0 Å². The van der Waals surface area contributed by atoms with Crippen LogP contribution >= 0.6 is 0 Å². The number of rotatable bonds is 3. The van der Waals surface area contributed by atoms with Crippen molar-refractivity contribution in [1.29, 1.82) is 0 Å². The van der Waals surface area contributed by atoms with Crippen LogP contribution in [0.4, 0.5) is 11.6 Å². The van der Waals surface area contributed by atoms with Gasteiger partial charge in [-0.2, -0.15) is 5.10 Å². The highest BCUT2D eigenvalue weighted by molar-refractivity contribution is 5.58. The molecule has 9 heteroatoms. The van der Waals surface area contributed by atoms with E-state index in [1.54, 1.807) is 47.3 Å². The van der Waals surface area contributed by atoms with Gasteiger partial charge in [0, 0.05) is 64.4 Å². The zero-order valence-corrected chi connectivity index (χ0v) is 14.8. The van der Waals surface area contributed by atoms with Gasteiger partial charge in [-0.25, -0.2) is 9.97 Å². The Labute approximate surface area is 150 Å². The monoisotopic (exact) mass is 352 g/mol. The largest absolute Gasteiger partial charge is 0.352 e. The number of aromatic nitrogens is 6. The molecule has 0 unspecified atom stereocenters. The number of hydrogen-bond acceptors (Lipinski definition) is 7. The predicted octanol–water partition coefficient (Wildman–Crippen LogP) is 0.297. The van der Waals surface area contributed by atoms with Crippen LogP contribution < -0.4 is 15.4 Å². The van der Waals surface area contributed by atoms with Gasteiger partial charge >= 0.3 is 0 Å². The van der Waals surface area contributed by atoms with Gasteiger partial charge in [0.1, 0.15) is 5.82 Å². The van der Waals surface area contributed by atoms with Gasteiger partial charge in [0.2, 0.25) is 0 Å². The summed E-state index contributed by atoms with van der Waals surface area (Å²) >= 11 is 0. The number of aryl methyl sites for hydroxylation is 2. The summed E-state index contributed by atoms with van der Waals surface area (Å²) in [5, 5.41) is 4.18. The lowest BCUT2D eigenvalue weighted by Crippen LogP contribution is -2.49. The molecule has 3 aromatic rings. The van der Waals surface area contributed by atoms with E-state index in [4.69, 9.17) is 4.98 Å². The molecular weight excluding hydrogens is 332 g/mol. The number of hydrogen-bond donors (Lipinski definition) is 0. The van der Waals surface area contributed by atoms with Crippen molar-refractivity contribution in [3.05, 3.63) is 47.5 Å². The molecule has 0 aromatic carbocycles. The van der Waals surface area contributed by atoms with Gasteiger partial charge < -0.3 is 14.4 Å². The molecule has 0 saturated carbocycles. The molecule has 0 spiro atoms. The van der Waals surface area contributed by atoms with Crippen LogP contribution in [0.25, 0.3) is 11.3 Å². The van der Waals surface area contributed by atoms with E-state index in [9.17, 15) is 4.79 Å². The van der Waals surface area contributed by atoms with Gasteiger partial charge in [-0.1, -0.05) is 0 Å². The summed E-state index contributed by atoms with van der Waals surface area (Å²) in [5.74, 6) is 1.34. The van der Waals surface area contributed by atoms with Crippen molar-refractivity contribution in [1.82, 2.24) is 29.3 Å². The van der Waals surface area contributed by atoms with Gasteiger partial charge in [-0.15, -0.1) is 0 Å². The zero-order valence-electron chi connectivity index (χ0n) is 14.8. The Hall–Kier alpha value is -3.23. The normalized spacial score (nSPS) is 14.7. The average Bonchev–Trinajstić information content (AvgIpc) is 3.11. The second-order valence-electron chi connectivity index (χ2n) is 6.31. The maximum absolute atomic E-state index is 12.2. The van der Waals surface area contributed by atoms with E-state index in [-0.39, 0.29) is 5.56 Å². The molecule has 26 heavy (non-hydrogen) atoms. The topological polar surface area (TPSA) is 85.0 Å². The average molecular weight is 352 g/mol. The molecule has 4 rings (SSSR count). The molecule has 0 amide bonds. The third-order valence-corrected chi connectivity index (χ3v) is 4.52. The van der Waals surface area contributed by atoms with Crippen LogP contribution in [0.5, 0.6) is 0 Å². The van der Waals surface area contributed by atoms with E-state index in [1.165, 1.54) is 0 Å². The lowest BCUT2D eigenvalue weighted by molar-refractivity contribution is 0.633. The van der Waals surface area contributed by atoms with Gasteiger partial charge in [-0.05, 0) is 0 Å². The second kappa shape index (κ2) is 6.58. The molecule has 1 aliphatic rings. The van der Waals surface area contributed by atoms with Crippen LogP contribution in [0.1, 0.15) is 0 Å². The van der Waals surface area contributed by atoms with Crippen LogP contribution in [-0.4, -0.2) is 55.5 Å². The summed E-state index contributed by atoms with van der Waals surface area (Å²) in [6.07, 6.45) is 10.5. The Kier molecular flexibility index (Phi) is 4.11. The van der Waals surface area contributed by atoms with Crippen molar-refractivity contribution in [2.75, 3.05) is 36.0 Å². The standard InChI is InChI=1S/C17H20N8O/c1-22-4-3-19-16(17(22)26)25-7-5-24(6-8-25)15-11-18-10-14(21-15)13-9-20-23(2)12-13/h3-4,9-12H,5-8H2,1-2H3. The van der Waals surface area contributed by atoms with E-state index >= 15 is 0 Å². The third-order valence-electron chi connectivity index (χ3n) is 4.52. The minimum atomic E-state index is -0.0701. The molecule has 1 saturated heterocycles. The van der Waals surface area contributed by atoms with Crippen LogP contribution in [0, 0.1) is 0 Å². The summed E-state index contributed by atoms with van der Waals surface area (Å²) in [6, 6.07) is 0. The van der Waals surface area contributed by atoms with Crippen molar-refractivity contribution in [2.45, 2.75) is 0 Å². The van der Waals surface area contributed by atoms with E-state index in [0.717, 1.165) is 30.2 Å². The van der Waals surface area contributed by atoms with Crippen molar-refractivity contribution in [3.8, 4) is 11.3 Å². The smallest absolute Gasteiger partial charge is 0.293 e. The number of nitrogens with zero attached hydrogens (tertiary/aromatic N) is 8. The molecule has 4 heterocycles. The molecule has 3 aromatic heterocycles.